The number of aromatic nitrogens is 5. The molecule has 0 saturated heterocycles. The van der Waals surface area contributed by atoms with Crippen LogP contribution in [0.5, 0.6) is 17.2 Å². The van der Waals surface area contributed by atoms with E-state index >= 15 is 0 Å². The van der Waals surface area contributed by atoms with Gasteiger partial charge in [0, 0.05) is 30.5 Å². The van der Waals surface area contributed by atoms with Gasteiger partial charge in [-0.25, -0.2) is 9.97 Å². The zero-order chi connectivity index (χ0) is 22.6. The minimum atomic E-state index is -0.135. The highest BCUT2D eigenvalue weighted by atomic mass is 16.5. The number of hydrogen-bond donors (Lipinski definition) is 1. The molecule has 0 spiro atoms. The van der Waals surface area contributed by atoms with Crippen molar-refractivity contribution in [2.24, 2.45) is 0 Å². The van der Waals surface area contributed by atoms with E-state index < -0.39 is 0 Å². The summed E-state index contributed by atoms with van der Waals surface area (Å²) in [6.45, 7) is 2.41. The predicted molar refractivity (Wildman–Crippen MR) is 121 cm³/mol. The van der Waals surface area contributed by atoms with Crippen molar-refractivity contribution in [3.63, 3.8) is 0 Å². The van der Waals surface area contributed by atoms with Gasteiger partial charge in [-0.3, -0.25) is 0 Å². The maximum atomic E-state index is 6.14. The molecular weight excluding hydrogens is 422 g/mol. The smallest absolute Gasteiger partial charge is 0.214 e. The van der Waals surface area contributed by atoms with Crippen molar-refractivity contribution in [1.82, 2.24) is 25.1 Å². The number of hydrogen-bond acceptors (Lipinski definition) is 8. The van der Waals surface area contributed by atoms with Gasteiger partial charge in [-0.15, -0.1) is 0 Å². The first-order valence-corrected chi connectivity index (χ1v) is 10.3. The monoisotopic (exact) mass is 443 g/mol. The molecule has 3 aromatic heterocycles. The quantitative estimate of drug-likeness (QED) is 0.361. The summed E-state index contributed by atoms with van der Waals surface area (Å²) in [5.74, 6) is 3.09. The number of benzene rings is 2. The Bertz CT molecular complexity index is 1320. The molecule has 0 saturated carbocycles. The van der Waals surface area contributed by atoms with Crippen LogP contribution >= 0.6 is 0 Å². The SMILES string of the molecule is COC[C@H](C)Oc1cc(Oc2ccc(-c3ncon3)cc2)cc(-c2nc3cccnc3[nH]2)c1. The van der Waals surface area contributed by atoms with Crippen molar-refractivity contribution in [3.8, 4) is 40.0 Å². The van der Waals surface area contributed by atoms with E-state index in [1.54, 1.807) is 13.3 Å². The number of nitrogens with zero attached hydrogens (tertiary/aromatic N) is 4. The van der Waals surface area contributed by atoms with Gasteiger partial charge in [-0.05, 0) is 55.5 Å². The summed E-state index contributed by atoms with van der Waals surface area (Å²) >= 11 is 0. The highest BCUT2D eigenvalue weighted by molar-refractivity contribution is 5.76. The number of aromatic amines is 1. The van der Waals surface area contributed by atoms with E-state index in [2.05, 4.69) is 25.1 Å². The van der Waals surface area contributed by atoms with Gasteiger partial charge >= 0.3 is 0 Å². The summed E-state index contributed by atoms with van der Waals surface area (Å²) in [7, 11) is 1.64. The van der Waals surface area contributed by atoms with Crippen LogP contribution in [0.25, 0.3) is 33.9 Å². The van der Waals surface area contributed by atoms with Gasteiger partial charge in [0.2, 0.25) is 12.2 Å². The fourth-order valence-electron chi connectivity index (χ4n) is 3.42. The molecule has 5 aromatic rings. The summed E-state index contributed by atoms with van der Waals surface area (Å²) in [4.78, 5) is 16.3. The Kier molecular flexibility index (Phi) is 5.69. The Morgan fingerprint density at radius 3 is 2.58 bits per heavy atom. The van der Waals surface area contributed by atoms with Gasteiger partial charge in [-0.2, -0.15) is 4.98 Å². The van der Waals surface area contributed by atoms with Gasteiger partial charge in [-0.1, -0.05) is 5.16 Å². The predicted octanol–water partition coefficient (Wildman–Crippen LogP) is 4.88. The maximum Gasteiger partial charge on any atom is 0.214 e. The number of ether oxygens (including phenoxy) is 3. The standard InChI is InChI=1S/C24H21N5O4/c1-15(13-30-2)32-19-10-17(23-27-21-4-3-9-25-24(21)28-23)11-20(12-19)33-18-7-5-16(6-8-18)22-26-14-31-29-22/h3-12,14-15H,13H2,1-2H3,(H,25,27,28)/t15-/m0/s1. The third kappa shape index (κ3) is 4.68. The summed E-state index contributed by atoms with van der Waals surface area (Å²) < 4.78 is 22.2. The molecule has 1 atom stereocenters. The third-order valence-electron chi connectivity index (χ3n) is 4.86. The average molecular weight is 443 g/mol. The Balaban J connectivity index is 1.46. The van der Waals surface area contributed by atoms with Crippen LogP contribution in [0, 0.1) is 0 Å². The molecule has 5 rings (SSSR count). The Hall–Kier alpha value is -4.24. The molecule has 3 heterocycles. The summed E-state index contributed by atoms with van der Waals surface area (Å²) in [6.07, 6.45) is 2.89. The minimum absolute atomic E-state index is 0.135. The molecular formula is C24H21N5O4. The molecule has 0 radical (unpaired) electrons. The van der Waals surface area contributed by atoms with Crippen LogP contribution in [-0.4, -0.2) is 44.9 Å². The maximum absolute atomic E-state index is 6.14. The van der Waals surface area contributed by atoms with Gasteiger partial charge in [0.25, 0.3) is 0 Å². The Morgan fingerprint density at radius 2 is 1.82 bits per heavy atom. The van der Waals surface area contributed by atoms with Gasteiger partial charge in [0.05, 0.1) is 6.61 Å². The van der Waals surface area contributed by atoms with Crippen molar-refractivity contribution >= 4 is 11.2 Å². The summed E-state index contributed by atoms with van der Waals surface area (Å²) in [5, 5.41) is 3.85. The van der Waals surface area contributed by atoms with Crippen molar-refractivity contribution in [2.75, 3.05) is 13.7 Å². The van der Waals surface area contributed by atoms with Crippen LogP contribution < -0.4 is 9.47 Å². The number of H-pyrrole nitrogens is 1. The van der Waals surface area contributed by atoms with Crippen LogP contribution in [0.4, 0.5) is 0 Å². The van der Waals surface area contributed by atoms with E-state index in [-0.39, 0.29) is 6.10 Å². The number of nitrogens with one attached hydrogen (secondary N) is 1. The topological polar surface area (TPSA) is 108 Å². The van der Waals surface area contributed by atoms with Crippen molar-refractivity contribution < 1.29 is 18.7 Å². The van der Waals surface area contributed by atoms with E-state index in [0.29, 0.717) is 41.2 Å². The van der Waals surface area contributed by atoms with E-state index in [4.69, 9.17) is 18.7 Å². The second kappa shape index (κ2) is 9.09. The number of fused-ring (bicyclic) bond motifs is 1. The largest absolute Gasteiger partial charge is 0.488 e. The molecule has 0 unspecified atom stereocenters. The molecule has 0 aliphatic heterocycles. The van der Waals surface area contributed by atoms with Crippen molar-refractivity contribution in [3.05, 3.63) is 67.2 Å². The highest BCUT2D eigenvalue weighted by Crippen LogP contribution is 2.33. The molecule has 0 aliphatic rings. The summed E-state index contributed by atoms with van der Waals surface area (Å²) in [6, 6.07) is 16.8. The third-order valence-corrected chi connectivity index (χ3v) is 4.86. The number of methoxy groups -OCH3 is 1. The second-order valence-electron chi connectivity index (χ2n) is 7.41. The Labute approximate surface area is 189 Å². The number of rotatable bonds is 8. The molecule has 1 N–H and O–H groups in total. The number of pyridine rings is 1. The van der Waals surface area contributed by atoms with E-state index in [0.717, 1.165) is 16.6 Å². The van der Waals surface area contributed by atoms with Crippen LogP contribution in [0.3, 0.4) is 0 Å². The lowest BCUT2D eigenvalue weighted by atomic mass is 10.2. The molecule has 33 heavy (non-hydrogen) atoms. The highest BCUT2D eigenvalue weighted by Gasteiger charge is 2.13. The van der Waals surface area contributed by atoms with Crippen LogP contribution in [0.1, 0.15) is 6.92 Å². The minimum Gasteiger partial charge on any atom is -0.488 e. The lowest BCUT2D eigenvalue weighted by Gasteiger charge is -2.16. The van der Waals surface area contributed by atoms with Crippen LogP contribution in [-0.2, 0) is 4.74 Å². The molecule has 0 bridgehead atoms. The molecule has 2 aromatic carbocycles. The first kappa shape index (κ1) is 20.7. The average Bonchev–Trinajstić information content (AvgIpc) is 3.50. The first-order valence-electron chi connectivity index (χ1n) is 10.3. The fraction of sp³-hybridized carbons (Fsp3) is 0.167. The van der Waals surface area contributed by atoms with E-state index in [1.807, 2.05) is 61.5 Å². The normalized spacial score (nSPS) is 12.1. The molecule has 0 fully saturated rings. The van der Waals surface area contributed by atoms with Crippen molar-refractivity contribution in [1.29, 1.82) is 0 Å². The van der Waals surface area contributed by atoms with Crippen molar-refractivity contribution in [2.45, 2.75) is 13.0 Å². The molecule has 0 aliphatic carbocycles. The fourth-order valence-corrected chi connectivity index (χ4v) is 3.42. The molecule has 166 valence electrons. The lowest BCUT2D eigenvalue weighted by Crippen LogP contribution is -2.17. The molecule has 9 heteroatoms. The van der Waals surface area contributed by atoms with Gasteiger partial charge < -0.3 is 23.7 Å². The molecule has 0 amide bonds. The summed E-state index contributed by atoms with van der Waals surface area (Å²) in [5.41, 5.74) is 3.14. The van der Waals surface area contributed by atoms with E-state index in [9.17, 15) is 0 Å². The zero-order valence-electron chi connectivity index (χ0n) is 18.1. The second-order valence-corrected chi connectivity index (χ2v) is 7.41. The first-order chi connectivity index (χ1) is 16.2. The van der Waals surface area contributed by atoms with Crippen LogP contribution in [0.2, 0.25) is 0 Å². The van der Waals surface area contributed by atoms with Gasteiger partial charge in [0.1, 0.15) is 34.7 Å². The zero-order valence-corrected chi connectivity index (χ0v) is 18.1. The van der Waals surface area contributed by atoms with Gasteiger partial charge in [0.15, 0.2) is 5.65 Å². The number of imidazole rings is 1. The van der Waals surface area contributed by atoms with Crippen LogP contribution in [0.15, 0.2) is 71.7 Å². The Morgan fingerprint density at radius 1 is 0.970 bits per heavy atom. The molecule has 9 nitrogen and oxygen atoms in total. The van der Waals surface area contributed by atoms with E-state index in [1.165, 1.54) is 6.39 Å². The lowest BCUT2D eigenvalue weighted by molar-refractivity contribution is 0.0920.